The van der Waals surface area contributed by atoms with Gasteiger partial charge in [-0.25, -0.2) is 0 Å². The molecule has 172 valence electrons. The molecular weight excluding hydrogens is 396 g/mol. The SMILES string of the molecule is C1CCC(N(C2CCCCC2)[SiH]2C[SiH](N(C3CCCCC3)C3CCCCC3)C2)CC1. The molecule has 1 saturated heterocycles. The Morgan fingerprint density at radius 2 is 0.567 bits per heavy atom. The van der Waals surface area contributed by atoms with Crippen molar-refractivity contribution >= 4 is 17.9 Å². The topological polar surface area (TPSA) is 6.48 Å². The van der Waals surface area contributed by atoms with Gasteiger partial charge in [0.15, 0.2) is 0 Å². The smallest absolute Gasteiger partial charge is 0.109 e. The van der Waals surface area contributed by atoms with E-state index >= 15 is 0 Å². The van der Waals surface area contributed by atoms with Gasteiger partial charge in [0, 0.05) is 24.2 Å². The van der Waals surface area contributed by atoms with Gasteiger partial charge in [-0.2, -0.15) is 0 Å². The van der Waals surface area contributed by atoms with Crippen molar-refractivity contribution in [1.82, 2.24) is 9.13 Å². The van der Waals surface area contributed by atoms with E-state index in [1.807, 2.05) is 0 Å². The van der Waals surface area contributed by atoms with Gasteiger partial charge in [-0.15, -0.1) is 0 Å². The summed E-state index contributed by atoms with van der Waals surface area (Å²) < 4.78 is 6.67. The van der Waals surface area contributed by atoms with Gasteiger partial charge in [0.1, 0.15) is 17.9 Å². The summed E-state index contributed by atoms with van der Waals surface area (Å²) in [5, 5.41) is 0. The first kappa shape index (κ1) is 22.2. The van der Waals surface area contributed by atoms with Gasteiger partial charge in [0.25, 0.3) is 0 Å². The van der Waals surface area contributed by atoms with Gasteiger partial charge in [-0.1, -0.05) is 77.0 Å². The number of hydrogen-bond donors (Lipinski definition) is 0. The monoisotopic (exact) mass is 446 g/mol. The minimum Gasteiger partial charge on any atom is -0.321 e. The molecule has 0 atom stereocenters. The molecule has 0 aromatic heterocycles. The second kappa shape index (κ2) is 11.0. The van der Waals surface area contributed by atoms with Crippen LogP contribution in [0.1, 0.15) is 128 Å². The summed E-state index contributed by atoms with van der Waals surface area (Å²) in [6.07, 6.45) is 30.8. The maximum Gasteiger partial charge on any atom is 0.109 e. The fraction of sp³-hybridized carbons (Fsp3) is 1.00. The molecule has 0 amide bonds. The van der Waals surface area contributed by atoms with Crippen LogP contribution in [0.4, 0.5) is 0 Å². The van der Waals surface area contributed by atoms with E-state index in [1.54, 1.807) is 62.7 Å². The average Bonchev–Trinajstić information content (AvgIpc) is 2.80. The molecule has 0 radical (unpaired) electrons. The van der Waals surface area contributed by atoms with Crippen LogP contribution in [-0.4, -0.2) is 51.2 Å². The van der Waals surface area contributed by atoms with Crippen LogP contribution in [0.25, 0.3) is 0 Å². The van der Waals surface area contributed by atoms with E-state index in [-0.39, 0.29) is 0 Å². The lowest BCUT2D eigenvalue weighted by Crippen LogP contribution is -2.67. The lowest BCUT2D eigenvalue weighted by molar-refractivity contribution is 0.154. The lowest BCUT2D eigenvalue weighted by atomic mass is 9.91. The summed E-state index contributed by atoms with van der Waals surface area (Å²) in [5.41, 5.74) is 3.58. The third-order valence-corrected chi connectivity index (χ3v) is 22.0. The van der Waals surface area contributed by atoms with Crippen molar-refractivity contribution in [2.24, 2.45) is 0 Å². The van der Waals surface area contributed by atoms with Gasteiger partial charge in [0.2, 0.25) is 0 Å². The molecule has 0 aromatic carbocycles. The Bertz CT molecular complexity index is 419. The van der Waals surface area contributed by atoms with Crippen molar-refractivity contribution in [3.8, 4) is 0 Å². The molecule has 0 spiro atoms. The highest BCUT2D eigenvalue weighted by molar-refractivity contribution is 6.92. The highest BCUT2D eigenvalue weighted by atomic mass is 28.4. The molecule has 0 unspecified atom stereocenters. The molecule has 0 bridgehead atoms. The van der Waals surface area contributed by atoms with Crippen LogP contribution in [-0.2, 0) is 0 Å². The maximum absolute atomic E-state index is 3.34. The number of rotatable bonds is 6. The van der Waals surface area contributed by atoms with E-state index in [9.17, 15) is 0 Å². The van der Waals surface area contributed by atoms with Gasteiger partial charge in [-0.3, -0.25) is 0 Å². The standard InChI is InChI=1S/C26H50N2Si2/c1-5-13-23(14-6-1)27(24-15-7-2-8-16-24)29-21-30(22-29)28(25-17-9-3-10-18-25)26-19-11-4-12-20-26/h23-26,29-30H,1-22H2. The van der Waals surface area contributed by atoms with Crippen LogP contribution in [0.2, 0.25) is 11.3 Å². The van der Waals surface area contributed by atoms with Gasteiger partial charge in [-0.05, 0) is 62.7 Å². The van der Waals surface area contributed by atoms with Crippen LogP contribution >= 0.6 is 0 Å². The molecule has 2 nitrogen and oxygen atoms in total. The molecular formula is C26H50N2Si2. The summed E-state index contributed by atoms with van der Waals surface area (Å²) >= 11 is 0. The zero-order valence-corrected chi connectivity index (χ0v) is 22.2. The third-order valence-electron chi connectivity index (χ3n) is 9.92. The van der Waals surface area contributed by atoms with Gasteiger partial charge < -0.3 is 9.13 Å². The van der Waals surface area contributed by atoms with Gasteiger partial charge >= 0.3 is 0 Å². The number of nitrogens with zero attached hydrogens (tertiary/aromatic N) is 2. The van der Waals surface area contributed by atoms with E-state index in [4.69, 9.17) is 0 Å². The molecule has 5 rings (SSSR count). The Morgan fingerprint density at radius 3 is 0.800 bits per heavy atom. The Hall–Kier alpha value is 0.354. The molecule has 1 aliphatic heterocycles. The van der Waals surface area contributed by atoms with Crippen molar-refractivity contribution in [3.63, 3.8) is 0 Å². The molecule has 0 N–H and O–H groups in total. The van der Waals surface area contributed by atoms with E-state index in [0.29, 0.717) is 0 Å². The molecule has 5 fully saturated rings. The van der Waals surface area contributed by atoms with E-state index < -0.39 is 17.9 Å². The molecule has 5 aliphatic rings. The predicted octanol–water partition coefficient (Wildman–Crippen LogP) is 6.46. The van der Waals surface area contributed by atoms with E-state index in [0.717, 1.165) is 24.2 Å². The summed E-state index contributed by atoms with van der Waals surface area (Å²) in [4.78, 5) is 0. The lowest BCUT2D eigenvalue weighted by Gasteiger charge is -2.56. The Kier molecular flexibility index (Phi) is 8.11. The van der Waals surface area contributed by atoms with Crippen molar-refractivity contribution in [1.29, 1.82) is 0 Å². The summed E-state index contributed by atoms with van der Waals surface area (Å²) in [6, 6.07) is 4.08. The van der Waals surface area contributed by atoms with E-state index in [2.05, 4.69) is 9.13 Å². The van der Waals surface area contributed by atoms with Crippen LogP contribution in [0.15, 0.2) is 0 Å². The summed E-state index contributed by atoms with van der Waals surface area (Å²) in [7, 11) is -1.26. The first-order chi connectivity index (χ1) is 14.9. The van der Waals surface area contributed by atoms with E-state index in [1.165, 1.54) is 77.0 Å². The number of hydrogen-bond acceptors (Lipinski definition) is 2. The highest BCUT2D eigenvalue weighted by Crippen LogP contribution is 2.40. The Morgan fingerprint density at radius 1 is 0.333 bits per heavy atom. The second-order valence-corrected chi connectivity index (χ2v) is 19.4. The van der Waals surface area contributed by atoms with Crippen molar-refractivity contribution in [3.05, 3.63) is 0 Å². The van der Waals surface area contributed by atoms with Gasteiger partial charge in [0.05, 0.1) is 0 Å². The fourth-order valence-electron chi connectivity index (χ4n) is 8.35. The van der Waals surface area contributed by atoms with Crippen molar-refractivity contribution in [2.75, 3.05) is 0 Å². The first-order valence-corrected chi connectivity index (χ1v) is 18.7. The minimum atomic E-state index is -0.631. The first-order valence-electron chi connectivity index (χ1n) is 14.4. The fourth-order valence-corrected chi connectivity index (χ4v) is 20.3. The highest BCUT2D eigenvalue weighted by Gasteiger charge is 2.47. The normalized spacial score (nSPS) is 33.8. The van der Waals surface area contributed by atoms with Crippen LogP contribution in [0, 0.1) is 0 Å². The van der Waals surface area contributed by atoms with Crippen LogP contribution < -0.4 is 0 Å². The molecule has 4 aliphatic carbocycles. The Balaban J connectivity index is 1.26. The summed E-state index contributed by atoms with van der Waals surface area (Å²) in [5.74, 6) is 0. The van der Waals surface area contributed by atoms with Crippen LogP contribution in [0.5, 0.6) is 0 Å². The summed E-state index contributed by atoms with van der Waals surface area (Å²) in [6.45, 7) is 0. The average molecular weight is 447 g/mol. The quantitative estimate of drug-likeness (QED) is 0.432. The molecule has 30 heavy (non-hydrogen) atoms. The zero-order valence-electron chi connectivity index (χ0n) is 19.9. The van der Waals surface area contributed by atoms with Crippen LogP contribution in [0.3, 0.4) is 0 Å². The molecule has 1 heterocycles. The minimum absolute atomic E-state index is 0.631. The Labute approximate surface area is 190 Å². The predicted molar refractivity (Wildman–Crippen MR) is 135 cm³/mol. The largest absolute Gasteiger partial charge is 0.321 e. The van der Waals surface area contributed by atoms with Crippen molar-refractivity contribution in [2.45, 2.75) is 164 Å². The second-order valence-electron chi connectivity index (χ2n) is 11.8. The molecule has 4 heteroatoms. The molecule has 4 saturated carbocycles. The van der Waals surface area contributed by atoms with Crippen molar-refractivity contribution < 1.29 is 0 Å². The molecule has 0 aromatic rings. The third kappa shape index (κ3) is 5.12. The maximum atomic E-state index is 3.34. The zero-order chi connectivity index (χ0) is 20.2.